The van der Waals surface area contributed by atoms with Crippen molar-refractivity contribution < 1.29 is 14.2 Å². The van der Waals surface area contributed by atoms with Gasteiger partial charge in [-0.3, -0.25) is 4.90 Å². The first kappa shape index (κ1) is 14.2. The van der Waals surface area contributed by atoms with Gasteiger partial charge in [0.15, 0.2) is 11.5 Å². The normalized spacial score (nSPS) is 19.6. The molecule has 1 saturated heterocycles. The Bertz CT molecular complexity index is 408. The second-order valence-electron chi connectivity index (χ2n) is 4.80. The molecule has 2 rings (SSSR count). The summed E-state index contributed by atoms with van der Waals surface area (Å²) in [7, 11) is 5.10. The Labute approximate surface area is 115 Å². The van der Waals surface area contributed by atoms with Crippen LogP contribution in [0.25, 0.3) is 0 Å². The number of ether oxygens (including phenoxy) is 3. The fourth-order valence-corrected chi connectivity index (χ4v) is 2.74. The van der Waals surface area contributed by atoms with Gasteiger partial charge in [0, 0.05) is 19.7 Å². The summed E-state index contributed by atoms with van der Waals surface area (Å²) < 4.78 is 15.9. The van der Waals surface area contributed by atoms with Crippen molar-refractivity contribution >= 4 is 0 Å². The molecule has 1 unspecified atom stereocenters. The van der Waals surface area contributed by atoms with E-state index in [1.807, 2.05) is 6.07 Å². The third kappa shape index (κ3) is 3.19. The molecule has 1 aromatic carbocycles. The first-order valence-corrected chi connectivity index (χ1v) is 6.75. The number of hydrogen-bond donors (Lipinski definition) is 0. The quantitative estimate of drug-likeness (QED) is 0.790. The van der Waals surface area contributed by atoms with Crippen LogP contribution in [0, 0.1) is 0 Å². The lowest BCUT2D eigenvalue weighted by atomic mass is 10.0. The highest BCUT2D eigenvalue weighted by molar-refractivity contribution is 5.44. The SMILES string of the molecule is COCCN1CCCC1c1ccc(OC)c(OC)c1. The highest BCUT2D eigenvalue weighted by Crippen LogP contribution is 2.36. The van der Waals surface area contributed by atoms with Gasteiger partial charge >= 0.3 is 0 Å². The van der Waals surface area contributed by atoms with Gasteiger partial charge in [0.25, 0.3) is 0 Å². The minimum absolute atomic E-state index is 0.468. The van der Waals surface area contributed by atoms with E-state index in [0.717, 1.165) is 31.2 Å². The van der Waals surface area contributed by atoms with Gasteiger partial charge in [0.1, 0.15) is 0 Å². The zero-order valence-electron chi connectivity index (χ0n) is 12.0. The van der Waals surface area contributed by atoms with Crippen LogP contribution in [-0.2, 0) is 4.74 Å². The molecule has 0 aromatic heterocycles. The third-order valence-corrected chi connectivity index (χ3v) is 3.74. The Hall–Kier alpha value is -1.26. The highest BCUT2D eigenvalue weighted by atomic mass is 16.5. The molecule has 0 radical (unpaired) electrons. The first-order valence-electron chi connectivity index (χ1n) is 6.75. The summed E-state index contributed by atoms with van der Waals surface area (Å²) in [5.74, 6) is 1.59. The Morgan fingerprint density at radius 3 is 2.63 bits per heavy atom. The summed E-state index contributed by atoms with van der Waals surface area (Å²) in [5, 5.41) is 0. The summed E-state index contributed by atoms with van der Waals surface area (Å²) in [6, 6.07) is 6.68. The molecular weight excluding hydrogens is 242 g/mol. The first-order chi connectivity index (χ1) is 9.30. The molecule has 1 atom stereocenters. The molecule has 1 fully saturated rings. The summed E-state index contributed by atoms with van der Waals surface area (Å²) in [5.41, 5.74) is 1.30. The Kier molecular flexibility index (Phi) is 5.05. The van der Waals surface area contributed by atoms with Crippen LogP contribution in [0.4, 0.5) is 0 Å². The molecule has 1 aromatic rings. The van der Waals surface area contributed by atoms with Crippen LogP contribution in [0.1, 0.15) is 24.4 Å². The van der Waals surface area contributed by atoms with Crippen molar-refractivity contribution in [2.24, 2.45) is 0 Å². The largest absolute Gasteiger partial charge is 0.493 e. The smallest absolute Gasteiger partial charge is 0.161 e. The van der Waals surface area contributed by atoms with Crippen LogP contribution in [0.15, 0.2) is 18.2 Å². The van der Waals surface area contributed by atoms with Gasteiger partial charge in [-0.15, -0.1) is 0 Å². The zero-order chi connectivity index (χ0) is 13.7. The number of benzene rings is 1. The van der Waals surface area contributed by atoms with Gasteiger partial charge in [-0.25, -0.2) is 0 Å². The van der Waals surface area contributed by atoms with Crippen LogP contribution in [0.2, 0.25) is 0 Å². The molecular formula is C15H23NO3. The van der Waals surface area contributed by atoms with Crippen molar-refractivity contribution in [3.63, 3.8) is 0 Å². The van der Waals surface area contributed by atoms with Crippen molar-refractivity contribution in [1.29, 1.82) is 0 Å². The van der Waals surface area contributed by atoms with Crippen LogP contribution in [0.3, 0.4) is 0 Å². The van der Waals surface area contributed by atoms with E-state index in [0.29, 0.717) is 6.04 Å². The van der Waals surface area contributed by atoms with E-state index in [-0.39, 0.29) is 0 Å². The standard InChI is InChI=1S/C15H23NO3/c1-17-10-9-16-8-4-5-13(16)12-6-7-14(18-2)15(11-12)19-3/h6-7,11,13H,4-5,8-10H2,1-3H3. The summed E-state index contributed by atoms with van der Waals surface area (Å²) >= 11 is 0. The second kappa shape index (κ2) is 6.78. The van der Waals surface area contributed by atoms with Crippen molar-refractivity contribution in [2.45, 2.75) is 18.9 Å². The van der Waals surface area contributed by atoms with Gasteiger partial charge in [-0.05, 0) is 37.1 Å². The number of hydrogen-bond acceptors (Lipinski definition) is 4. The molecule has 0 amide bonds. The minimum Gasteiger partial charge on any atom is -0.493 e. The lowest BCUT2D eigenvalue weighted by Gasteiger charge is -2.25. The second-order valence-corrected chi connectivity index (χ2v) is 4.80. The predicted molar refractivity (Wildman–Crippen MR) is 75.0 cm³/mol. The fraction of sp³-hybridized carbons (Fsp3) is 0.600. The molecule has 1 heterocycles. The maximum atomic E-state index is 5.38. The van der Waals surface area contributed by atoms with Crippen LogP contribution in [-0.4, -0.2) is 45.9 Å². The van der Waals surface area contributed by atoms with E-state index >= 15 is 0 Å². The minimum atomic E-state index is 0.468. The van der Waals surface area contributed by atoms with E-state index in [2.05, 4.69) is 17.0 Å². The van der Waals surface area contributed by atoms with Crippen LogP contribution < -0.4 is 9.47 Å². The average molecular weight is 265 g/mol. The van der Waals surface area contributed by atoms with Crippen LogP contribution in [0.5, 0.6) is 11.5 Å². The van der Waals surface area contributed by atoms with Crippen molar-refractivity contribution in [1.82, 2.24) is 4.90 Å². The average Bonchev–Trinajstić information content (AvgIpc) is 2.92. The summed E-state index contributed by atoms with van der Waals surface area (Å²) in [4.78, 5) is 2.48. The molecule has 0 N–H and O–H groups in total. The van der Waals surface area contributed by atoms with E-state index in [9.17, 15) is 0 Å². The molecule has 4 nitrogen and oxygen atoms in total. The van der Waals surface area contributed by atoms with Crippen molar-refractivity contribution in [2.75, 3.05) is 41.0 Å². The Balaban J connectivity index is 2.16. The number of methoxy groups -OCH3 is 3. The van der Waals surface area contributed by atoms with Gasteiger partial charge in [0.05, 0.1) is 20.8 Å². The predicted octanol–water partition coefficient (Wildman–Crippen LogP) is 2.49. The van der Waals surface area contributed by atoms with E-state index in [1.165, 1.54) is 18.4 Å². The number of likely N-dealkylation sites (tertiary alicyclic amines) is 1. The molecule has 19 heavy (non-hydrogen) atoms. The number of rotatable bonds is 6. The van der Waals surface area contributed by atoms with Gasteiger partial charge in [0.2, 0.25) is 0 Å². The van der Waals surface area contributed by atoms with Gasteiger partial charge in [-0.1, -0.05) is 6.07 Å². The maximum Gasteiger partial charge on any atom is 0.161 e. The molecule has 4 heteroatoms. The highest BCUT2D eigenvalue weighted by Gasteiger charge is 2.26. The molecule has 0 saturated carbocycles. The zero-order valence-corrected chi connectivity index (χ0v) is 12.0. The summed E-state index contributed by atoms with van der Waals surface area (Å²) in [6.07, 6.45) is 2.43. The van der Waals surface area contributed by atoms with E-state index in [1.54, 1.807) is 21.3 Å². The fourth-order valence-electron chi connectivity index (χ4n) is 2.74. The maximum absolute atomic E-state index is 5.38. The molecule has 0 bridgehead atoms. The Morgan fingerprint density at radius 1 is 1.16 bits per heavy atom. The third-order valence-electron chi connectivity index (χ3n) is 3.74. The van der Waals surface area contributed by atoms with Crippen molar-refractivity contribution in [3.05, 3.63) is 23.8 Å². The lowest BCUT2D eigenvalue weighted by molar-refractivity contribution is 0.141. The van der Waals surface area contributed by atoms with E-state index in [4.69, 9.17) is 14.2 Å². The Morgan fingerprint density at radius 2 is 1.95 bits per heavy atom. The number of nitrogens with zero attached hydrogens (tertiary/aromatic N) is 1. The molecule has 106 valence electrons. The van der Waals surface area contributed by atoms with Crippen LogP contribution >= 0.6 is 0 Å². The molecule has 0 spiro atoms. The topological polar surface area (TPSA) is 30.9 Å². The lowest BCUT2D eigenvalue weighted by Crippen LogP contribution is -2.27. The van der Waals surface area contributed by atoms with Crippen molar-refractivity contribution in [3.8, 4) is 11.5 Å². The molecule has 1 aliphatic heterocycles. The molecule has 1 aliphatic rings. The van der Waals surface area contributed by atoms with Gasteiger partial charge < -0.3 is 14.2 Å². The monoisotopic (exact) mass is 265 g/mol. The molecule has 0 aliphatic carbocycles. The van der Waals surface area contributed by atoms with Gasteiger partial charge in [-0.2, -0.15) is 0 Å². The van der Waals surface area contributed by atoms with E-state index < -0.39 is 0 Å². The summed E-state index contributed by atoms with van der Waals surface area (Å²) in [6.45, 7) is 2.90.